The number of likely N-dealkylation sites (tertiary alicyclic amines) is 1. The van der Waals surface area contributed by atoms with Crippen LogP contribution in [0.3, 0.4) is 0 Å². The summed E-state index contributed by atoms with van der Waals surface area (Å²) >= 11 is 5.37. The normalized spacial score (nSPS) is 14.5. The van der Waals surface area contributed by atoms with Gasteiger partial charge in [-0.15, -0.1) is 0 Å². The molecule has 1 aliphatic heterocycles. The quantitative estimate of drug-likeness (QED) is 0.803. The highest BCUT2D eigenvalue weighted by Gasteiger charge is 2.11. The van der Waals surface area contributed by atoms with Crippen LogP contribution in [0.25, 0.3) is 0 Å². The van der Waals surface area contributed by atoms with Crippen LogP contribution in [0.5, 0.6) is 0 Å². The van der Waals surface area contributed by atoms with Gasteiger partial charge in [0, 0.05) is 18.8 Å². The molecule has 2 aromatic carbocycles. The molecule has 2 N–H and O–H groups in total. The van der Waals surface area contributed by atoms with Gasteiger partial charge < -0.3 is 10.6 Å². The Morgan fingerprint density at radius 1 is 1.04 bits per heavy atom. The molecule has 1 fully saturated rings. The minimum absolute atomic E-state index is 0.654. The van der Waals surface area contributed by atoms with Gasteiger partial charge in [-0.25, -0.2) is 0 Å². The summed E-state index contributed by atoms with van der Waals surface area (Å²) in [6, 6.07) is 17.0. The first-order chi connectivity index (χ1) is 11.7. The van der Waals surface area contributed by atoms with Crippen LogP contribution in [0, 0.1) is 6.92 Å². The van der Waals surface area contributed by atoms with Crippen molar-refractivity contribution >= 4 is 23.0 Å². The maximum atomic E-state index is 5.37. The fraction of sp³-hybridized carbons (Fsp3) is 0.350. The van der Waals surface area contributed by atoms with Crippen LogP contribution in [-0.2, 0) is 13.1 Å². The van der Waals surface area contributed by atoms with E-state index in [1.54, 1.807) is 0 Å². The third kappa shape index (κ3) is 5.05. The van der Waals surface area contributed by atoms with Crippen molar-refractivity contribution in [2.75, 3.05) is 18.4 Å². The number of aryl methyl sites for hydroxylation is 1. The zero-order valence-electron chi connectivity index (χ0n) is 14.2. The fourth-order valence-corrected chi connectivity index (χ4v) is 3.23. The molecule has 0 spiro atoms. The van der Waals surface area contributed by atoms with Gasteiger partial charge in [-0.3, -0.25) is 4.90 Å². The van der Waals surface area contributed by atoms with Gasteiger partial charge in [-0.1, -0.05) is 36.4 Å². The number of benzene rings is 2. The molecule has 4 heteroatoms. The standard InChI is InChI=1S/C20H25N3S/c1-16-5-4-6-19(13-16)22-20(24)21-14-17-7-9-18(10-8-17)15-23-11-2-3-12-23/h4-10,13H,2-3,11-12,14-15H2,1H3,(H2,21,22,24). The highest BCUT2D eigenvalue weighted by Crippen LogP contribution is 2.13. The van der Waals surface area contributed by atoms with Gasteiger partial charge in [0.15, 0.2) is 5.11 Å². The lowest BCUT2D eigenvalue weighted by atomic mass is 10.1. The molecule has 1 aliphatic rings. The van der Waals surface area contributed by atoms with Crippen LogP contribution >= 0.6 is 12.2 Å². The van der Waals surface area contributed by atoms with Crippen LogP contribution in [-0.4, -0.2) is 23.1 Å². The fourth-order valence-electron chi connectivity index (χ4n) is 3.04. The van der Waals surface area contributed by atoms with Crippen molar-refractivity contribution in [3.63, 3.8) is 0 Å². The number of anilines is 1. The van der Waals surface area contributed by atoms with Gasteiger partial charge >= 0.3 is 0 Å². The van der Waals surface area contributed by atoms with Gasteiger partial charge in [0.2, 0.25) is 0 Å². The van der Waals surface area contributed by atoms with E-state index in [1.807, 2.05) is 12.1 Å². The summed E-state index contributed by atoms with van der Waals surface area (Å²) in [5.41, 5.74) is 4.87. The molecular weight excluding hydrogens is 314 g/mol. The smallest absolute Gasteiger partial charge is 0.171 e. The Kier molecular flexibility index (Phi) is 5.83. The second kappa shape index (κ2) is 8.27. The van der Waals surface area contributed by atoms with Crippen molar-refractivity contribution < 1.29 is 0 Å². The van der Waals surface area contributed by atoms with E-state index in [0.717, 1.165) is 18.8 Å². The summed E-state index contributed by atoms with van der Waals surface area (Å²) in [6.07, 6.45) is 2.68. The zero-order valence-corrected chi connectivity index (χ0v) is 15.0. The Hall–Kier alpha value is -1.91. The Labute approximate surface area is 150 Å². The Balaban J connectivity index is 1.46. The number of hydrogen-bond acceptors (Lipinski definition) is 2. The SMILES string of the molecule is Cc1cccc(NC(=S)NCc2ccc(CN3CCCC3)cc2)c1. The summed E-state index contributed by atoms with van der Waals surface area (Å²) in [5.74, 6) is 0. The van der Waals surface area contributed by atoms with Crippen molar-refractivity contribution in [3.8, 4) is 0 Å². The predicted octanol–water partition coefficient (Wildman–Crippen LogP) is 4.08. The van der Waals surface area contributed by atoms with E-state index >= 15 is 0 Å². The first-order valence-corrected chi connectivity index (χ1v) is 9.01. The summed E-state index contributed by atoms with van der Waals surface area (Å²) < 4.78 is 0. The molecule has 0 saturated carbocycles. The van der Waals surface area contributed by atoms with Gasteiger partial charge in [0.05, 0.1) is 0 Å². The van der Waals surface area contributed by atoms with Gasteiger partial charge in [-0.2, -0.15) is 0 Å². The lowest BCUT2D eigenvalue weighted by Gasteiger charge is -2.15. The molecular formula is C20H25N3S. The molecule has 3 rings (SSSR count). The van der Waals surface area contributed by atoms with Gasteiger partial charge in [0.1, 0.15) is 0 Å². The molecule has 0 aromatic heterocycles. The molecule has 0 unspecified atom stereocenters. The second-order valence-electron chi connectivity index (χ2n) is 6.48. The maximum Gasteiger partial charge on any atom is 0.171 e. The molecule has 0 atom stereocenters. The minimum Gasteiger partial charge on any atom is -0.358 e. The second-order valence-corrected chi connectivity index (χ2v) is 6.89. The lowest BCUT2D eigenvalue weighted by Crippen LogP contribution is -2.27. The van der Waals surface area contributed by atoms with Crippen LogP contribution in [0.15, 0.2) is 48.5 Å². The topological polar surface area (TPSA) is 27.3 Å². The van der Waals surface area contributed by atoms with Crippen molar-refractivity contribution in [2.24, 2.45) is 0 Å². The van der Waals surface area contributed by atoms with Crippen LogP contribution in [0.1, 0.15) is 29.5 Å². The van der Waals surface area contributed by atoms with E-state index in [2.05, 4.69) is 58.9 Å². The van der Waals surface area contributed by atoms with Gasteiger partial charge in [0.25, 0.3) is 0 Å². The highest BCUT2D eigenvalue weighted by molar-refractivity contribution is 7.80. The van der Waals surface area contributed by atoms with E-state index in [0.29, 0.717) is 5.11 Å². The third-order valence-corrected chi connectivity index (χ3v) is 4.60. The number of nitrogens with one attached hydrogen (secondary N) is 2. The summed E-state index contributed by atoms with van der Waals surface area (Å²) in [4.78, 5) is 2.52. The number of nitrogens with zero attached hydrogens (tertiary/aromatic N) is 1. The lowest BCUT2D eigenvalue weighted by molar-refractivity contribution is 0.331. The Morgan fingerprint density at radius 3 is 2.46 bits per heavy atom. The van der Waals surface area contributed by atoms with E-state index in [1.165, 1.54) is 42.6 Å². The van der Waals surface area contributed by atoms with E-state index in [4.69, 9.17) is 12.2 Å². The largest absolute Gasteiger partial charge is 0.358 e. The average molecular weight is 340 g/mol. The zero-order chi connectivity index (χ0) is 16.8. The molecule has 2 aromatic rings. The van der Waals surface area contributed by atoms with Crippen molar-refractivity contribution in [2.45, 2.75) is 32.9 Å². The summed E-state index contributed by atoms with van der Waals surface area (Å²) in [6.45, 7) is 6.36. The van der Waals surface area contributed by atoms with Crippen molar-refractivity contribution in [1.29, 1.82) is 0 Å². The van der Waals surface area contributed by atoms with Crippen molar-refractivity contribution in [3.05, 3.63) is 65.2 Å². The molecule has 3 nitrogen and oxygen atoms in total. The first-order valence-electron chi connectivity index (χ1n) is 8.61. The molecule has 1 saturated heterocycles. The van der Waals surface area contributed by atoms with Crippen LogP contribution in [0.4, 0.5) is 5.69 Å². The van der Waals surface area contributed by atoms with E-state index in [9.17, 15) is 0 Å². The number of rotatable bonds is 5. The summed E-state index contributed by atoms with van der Waals surface area (Å²) in [7, 11) is 0. The predicted molar refractivity (Wildman–Crippen MR) is 105 cm³/mol. The molecule has 126 valence electrons. The van der Waals surface area contributed by atoms with E-state index in [-0.39, 0.29) is 0 Å². The molecule has 0 radical (unpaired) electrons. The minimum atomic E-state index is 0.654. The molecule has 24 heavy (non-hydrogen) atoms. The van der Waals surface area contributed by atoms with Crippen molar-refractivity contribution in [1.82, 2.24) is 10.2 Å². The molecule has 1 heterocycles. The highest BCUT2D eigenvalue weighted by atomic mass is 32.1. The van der Waals surface area contributed by atoms with Gasteiger partial charge in [-0.05, 0) is 73.9 Å². The third-order valence-electron chi connectivity index (χ3n) is 4.36. The number of hydrogen-bond donors (Lipinski definition) is 2. The average Bonchev–Trinajstić information content (AvgIpc) is 3.07. The number of thiocarbonyl (C=S) groups is 1. The molecule has 0 aliphatic carbocycles. The summed E-state index contributed by atoms with van der Waals surface area (Å²) in [5, 5.41) is 7.15. The molecule has 0 amide bonds. The van der Waals surface area contributed by atoms with Crippen LogP contribution < -0.4 is 10.6 Å². The molecule has 0 bridgehead atoms. The first kappa shape index (κ1) is 16.9. The van der Waals surface area contributed by atoms with Crippen LogP contribution in [0.2, 0.25) is 0 Å². The monoisotopic (exact) mass is 339 g/mol. The Bertz CT molecular complexity index is 676. The maximum absolute atomic E-state index is 5.37. The van der Waals surface area contributed by atoms with E-state index < -0.39 is 0 Å². The Morgan fingerprint density at radius 2 is 1.75 bits per heavy atom.